The van der Waals surface area contributed by atoms with E-state index in [1.807, 2.05) is 6.92 Å². The maximum atomic E-state index is 13.0. The summed E-state index contributed by atoms with van der Waals surface area (Å²) < 4.78 is 13.0. The second-order valence-electron chi connectivity index (χ2n) is 5.04. The quantitative estimate of drug-likeness (QED) is 0.829. The fraction of sp³-hybridized carbons (Fsp3) is 0.500. The molecule has 0 saturated carbocycles. The van der Waals surface area contributed by atoms with E-state index in [4.69, 9.17) is 0 Å². The van der Waals surface area contributed by atoms with Crippen LogP contribution in [0.25, 0.3) is 0 Å². The first kappa shape index (κ1) is 13.0. The highest BCUT2D eigenvalue weighted by Gasteiger charge is 2.28. The van der Waals surface area contributed by atoms with Gasteiger partial charge in [-0.1, -0.05) is 6.92 Å². The summed E-state index contributed by atoms with van der Waals surface area (Å²) in [6, 6.07) is 4.16. The van der Waals surface area contributed by atoms with Crippen molar-refractivity contribution in [1.82, 2.24) is 4.90 Å². The van der Waals surface area contributed by atoms with E-state index in [2.05, 4.69) is 0 Å². The Morgan fingerprint density at radius 1 is 1.50 bits per heavy atom. The highest BCUT2D eigenvalue weighted by Crippen LogP contribution is 2.20. The van der Waals surface area contributed by atoms with Gasteiger partial charge in [-0.2, -0.15) is 0 Å². The number of carbonyl (C=O) groups is 1. The van der Waals surface area contributed by atoms with Crippen LogP contribution < -0.4 is 0 Å². The fourth-order valence-electron chi connectivity index (χ4n) is 2.27. The summed E-state index contributed by atoms with van der Waals surface area (Å²) in [6.07, 6.45) is 0.330. The molecule has 2 unspecified atom stereocenters. The lowest BCUT2D eigenvalue weighted by Crippen LogP contribution is -2.46. The van der Waals surface area contributed by atoms with Crippen molar-refractivity contribution < 1.29 is 14.3 Å². The van der Waals surface area contributed by atoms with Gasteiger partial charge in [-0.05, 0) is 43.0 Å². The summed E-state index contributed by atoms with van der Waals surface area (Å²) in [5, 5.41) is 9.80. The van der Waals surface area contributed by atoms with Gasteiger partial charge in [0.15, 0.2) is 0 Å². The first-order chi connectivity index (χ1) is 8.49. The van der Waals surface area contributed by atoms with Crippen LogP contribution in [-0.2, 0) is 0 Å². The third kappa shape index (κ3) is 2.53. The molecule has 1 fully saturated rings. The zero-order valence-corrected chi connectivity index (χ0v) is 10.7. The second kappa shape index (κ2) is 5.06. The maximum Gasteiger partial charge on any atom is 0.254 e. The highest BCUT2D eigenvalue weighted by atomic mass is 19.1. The third-order valence-corrected chi connectivity index (χ3v) is 3.62. The molecule has 1 aromatic rings. The number of piperidine rings is 1. The van der Waals surface area contributed by atoms with Crippen molar-refractivity contribution in [3.63, 3.8) is 0 Å². The average Bonchev–Trinajstić information content (AvgIpc) is 2.32. The molecule has 0 spiro atoms. The van der Waals surface area contributed by atoms with E-state index >= 15 is 0 Å². The Labute approximate surface area is 106 Å². The molecule has 98 valence electrons. The third-order valence-electron chi connectivity index (χ3n) is 3.62. The van der Waals surface area contributed by atoms with E-state index in [1.165, 1.54) is 18.2 Å². The molecule has 1 aromatic carbocycles. The molecule has 2 rings (SSSR count). The van der Waals surface area contributed by atoms with E-state index in [0.717, 1.165) is 6.42 Å². The Kier molecular flexibility index (Phi) is 3.66. The van der Waals surface area contributed by atoms with Crippen molar-refractivity contribution >= 4 is 5.91 Å². The molecule has 0 radical (unpaired) electrons. The van der Waals surface area contributed by atoms with Crippen molar-refractivity contribution in [2.75, 3.05) is 13.1 Å². The van der Waals surface area contributed by atoms with Gasteiger partial charge in [-0.15, -0.1) is 0 Å². The summed E-state index contributed by atoms with van der Waals surface area (Å²) in [4.78, 5) is 13.9. The lowest BCUT2D eigenvalue weighted by atomic mass is 9.95. The number of aryl methyl sites for hydroxylation is 1. The molecule has 2 atom stereocenters. The van der Waals surface area contributed by atoms with Crippen LogP contribution in [0.4, 0.5) is 4.39 Å². The predicted octanol–water partition coefficient (Wildman–Crippen LogP) is 1.98. The first-order valence-corrected chi connectivity index (χ1v) is 6.22. The minimum atomic E-state index is -0.469. The molecular weight excluding hydrogens is 233 g/mol. The van der Waals surface area contributed by atoms with Crippen LogP contribution >= 0.6 is 0 Å². The van der Waals surface area contributed by atoms with Crippen molar-refractivity contribution in [3.8, 4) is 0 Å². The van der Waals surface area contributed by atoms with Gasteiger partial charge < -0.3 is 10.0 Å². The number of likely N-dealkylation sites (tertiary alicyclic amines) is 1. The largest absolute Gasteiger partial charge is 0.391 e. The first-order valence-electron chi connectivity index (χ1n) is 6.22. The van der Waals surface area contributed by atoms with Crippen LogP contribution in [-0.4, -0.2) is 35.1 Å². The fourth-order valence-corrected chi connectivity index (χ4v) is 2.27. The van der Waals surface area contributed by atoms with Gasteiger partial charge in [-0.25, -0.2) is 4.39 Å². The summed E-state index contributed by atoms with van der Waals surface area (Å²) in [6.45, 7) is 4.71. The Morgan fingerprint density at radius 3 is 2.83 bits per heavy atom. The van der Waals surface area contributed by atoms with Crippen molar-refractivity contribution in [2.45, 2.75) is 26.4 Å². The molecular formula is C14H18FNO2. The number of amides is 1. The molecule has 4 heteroatoms. The molecule has 1 heterocycles. The summed E-state index contributed by atoms with van der Waals surface area (Å²) in [5.41, 5.74) is 1.14. The lowest BCUT2D eigenvalue weighted by Gasteiger charge is -2.34. The lowest BCUT2D eigenvalue weighted by molar-refractivity contribution is 0.0248. The molecule has 3 nitrogen and oxygen atoms in total. The van der Waals surface area contributed by atoms with Crippen LogP contribution in [0.3, 0.4) is 0 Å². The zero-order valence-electron chi connectivity index (χ0n) is 10.7. The smallest absolute Gasteiger partial charge is 0.254 e. The molecule has 18 heavy (non-hydrogen) atoms. The maximum absolute atomic E-state index is 13.0. The van der Waals surface area contributed by atoms with E-state index in [9.17, 15) is 14.3 Å². The number of β-amino-alcohol motifs (C(OH)–C–C–N with tert-alkyl or cyclic N) is 1. The van der Waals surface area contributed by atoms with Gasteiger partial charge in [0.25, 0.3) is 5.91 Å². The monoisotopic (exact) mass is 251 g/mol. The van der Waals surface area contributed by atoms with Gasteiger partial charge in [0.1, 0.15) is 5.82 Å². The second-order valence-corrected chi connectivity index (χ2v) is 5.04. The number of halogens is 1. The number of nitrogens with zero attached hydrogens (tertiary/aromatic N) is 1. The predicted molar refractivity (Wildman–Crippen MR) is 66.8 cm³/mol. The topological polar surface area (TPSA) is 40.5 Å². The Hall–Kier alpha value is -1.42. The molecule has 0 aliphatic carbocycles. The normalized spacial score (nSPS) is 24.1. The Balaban J connectivity index is 2.16. The van der Waals surface area contributed by atoms with Gasteiger partial charge in [0.2, 0.25) is 0 Å². The van der Waals surface area contributed by atoms with Gasteiger partial charge in [-0.3, -0.25) is 4.79 Å². The minimum absolute atomic E-state index is 0.126. The highest BCUT2D eigenvalue weighted by molar-refractivity contribution is 5.95. The molecule has 1 saturated heterocycles. The molecule has 0 aromatic heterocycles. The van der Waals surface area contributed by atoms with Crippen LogP contribution in [0.15, 0.2) is 18.2 Å². The number of rotatable bonds is 1. The molecule has 1 N–H and O–H groups in total. The molecule has 0 bridgehead atoms. The SMILES string of the molecule is Cc1cc(F)ccc1C(=O)N1CCC(C)C(O)C1. The van der Waals surface area contributed by atoms with Gasteiger partial charge in [0.05, 0.1) is 6.10 Å². The number of hydrogen-bond donors (Lipinski definition) is 1. The van der Waals surface area contributed by atoms with Crippen molar-refractivity contribution in [1.29, 1.82) is 0 Å². The minimum Gasteiger partial charge on any atom is -0.391 e. The number of benzene rings is 1. The summed E-state index contributed by atoms with van der Waals surface area (Å²) in [5.74, 6) is -0.238. The van der Waals surface area contributed by atoms with Crippen molar-refractivity contribution in [3.05, 3.63) is 35.1 Å². The van der Waals surface area contributed by atoms with Crippen LogP contribution in [0, 0.1) is 18.7 Å². The number of aliphatic hydroxyl groups is 1. The van der Waals surface area contributed by atoms with E-state index < -0.39 is 6.10 Å². The summed E-state index contributed by atoms with van der Waals surface area (Å²) in [7, 11) is 0. The Morgan fingerprint density at radius 2 is 2.22 bits per heavy atom. The Bertz CT molecular complexity index is 461. The molecule has 1 aliphatic heterocycles. The molecule has 1 amide bonds. The number of carbonyl (C=O) groups excluding carboxylic acids is 1. The average molecular weight is 251 g/mol. The van der Waals surface area contributed by atoms with Gasteiger partial charge >= 0.3 is 0 Å². The van der Waals surface area contributed by atoms with Crippen LogP contribution in [0.1, 0.15) is 29.3 Å². The van der Waals surface area contributed by atoms with E-state index in [1.54, 1.807) is 11.8 Å². The molecule has 1 aliphatic rings. The van der Waals surface area contributed by atoms with Crippen molar-refractivity contribution in [2.24, 2.45) is 5.92 Å². The number of aliphatic hydroxyl groups excluding tert-OH is 1. The van der Waals surface area contributed by atoms with Crippen LogP contribution in [0.2, 0.25) is 0 Å². The van der Waals surface area contributed by atoms with Crippen LogP contribution in [0.5, 0.6) is 0 Å². The van der Waals surface area contributed by atoms with Gasteiger partial charge in [0, 0.05) is 18.7 Å². The van der Waals surface area contributed by atoms with E-state index in [-0.39, 0.29) is 17.6 Å². The zero-order chi connectivity index (χ0) is 13.3. The standard InChI is InChI=1S/C14H18FNO2/c1-9-5-6-16(8-13(9)17)14(18)12-4-3-11(15)7-10(12)2/h3-4,7,9,13,17H,5-6,8H2,1-2H3. The summed E-state index contributed by atoms with van der Waals surface area (Å²) >= 11 is 0. The van der Waals surface area contributed by atoms with E-state index in [0.29, 0.717) is 24.2 Å². The number of hydrogen-bond acceptors (Lipinski definition) is 2.